The van der Waals surface area contributed by atoms with Crippen molar-refractivity contribution in [2.24, 2.45) is 22.2 Å². The second-order valence-electron chi connectivity index (χ2n) is 9.13. The number of rotatable bonds is 19. The largest absolute Gasteiger partial charge is 0.481 e. The molecule has 0 saturated heterocycles. The number of hydrogen-bond acceptors (Lipinski definition) is 8. The van der Waals surface area contributed by atoms with Crippen molar-refractivity contribution in [3.8, 4) is 0 Å². The maximum atomic E-state index is 13.2. The van der Waals surface area contributed by atoms with Crippen LogP contribution in [-0.4, -0.2) is 87.6 Å². The van der Waals surface area contributed by atoms with Crippen molar-refractivity contribution in [3.05, 3.63) is 35.9 Å². The summed E-state index contributed by atoms with van der Waals surface area (Å²) in [5.41, 5.74) is 17.0. The molecule has 3 amide bonds. The number of carboxylic acids is 3. The third kappa shape index (κ3) is 14.3. The second-order valence-corrected chi connectivity index (χ2v) is 9.13. The maximum absolute atomic E-state index is 13.2. The highest BCUT2D eigenvalue weighted by atomic mass is 16.4. The lowest BCUT2D eigenvalue weighted by Gasteiger charge is -2.25. The van der Waals surface area contributed by atoms with E-state index < -0.39 is 79.1 Å². The molecule has 0 aliphatic heterocycles. The van der Waals surface area contributed by atoms with Crippen molar-refractivity contribution >= 4 is 41.6 Å². The number of nitrogens with zero attached hydrogens (tertiary/aromatic N) is 1. The van der Waals surface area contributed by atoms with Crippen LogP contribution in [0.4, 0.5) is 0 Å². The topological polar surface area (TPSA) is 290 Å². The molecule has 0 fully saturated rings. The van der Waals surface area contributed by atoms with E-state index in [9.17, 15) is 33.9 Å². The first-order valence-electron chi connectivity index (χ1n) is 12.7. The number of hydrogen-bond donors (Lipinski definition) is 9. The summed E-state index contributed by atoms with van der Waals surface area (Å²) in [5, 5.41) is 34.5. The van der Waals surface area contributed by atoms with Gasteiger partial charge in [0.1, 0.15) is 18.1 Å². The van der Waals surface area contributed by atoms with Crippen LogP contribution in [0.25, 0.3) is 0 Å². The molecule has 16 heteroatoms. The highest BCUT2D eigenvalue weighted by molar-refractivity contribution is 5.94. The summed E-state index contributed by atoms with van der Waals surface area (Å²) in [7, 11) is 0. The van der Waals surface area contributed by atoms with E-state index in [1.54, 1.807) is 30.3 Å². The zero-order valence-electron chi connectivity index (χ0n) is 22.3. The number of nitrogens with two attached hydrogens (primary N) is 3. The van der Waals surface area contributed by atoms with E-state index in [-0.39, 0.29) is 31.8 Å². The van der Waals surface area contributed by atoms with Crippen LogP contribution in [0.1, 0.15) is 44.1 Å². The molecule has 4 unspecified atom stereocenters. The molecule has 0 heterocycles. The molecule has 41 heavy (non-hydrogen) atoms. The Morgan fingerprint density at radius 2 is 1.24 bits per heavy atom. The van der Waals surface area contributed by atoms with E-state index >= 15 is 0 Å². The summed E-state index contributed by atoms with van der Waals surface area (Å²) in [5.74, 6) is -6.65. The van der Waals surface area contributed by atoms with Crippen LogP contribution >= 0.6 is 0 Å². The molecule has 12 N–H and O–H groups in total. The van der Waals surface area contributed by atoms with Crippen LogP contribution in [0.3, 0.4) is 0 Å². The molecule has 1 aromatic carbocycles. The van der Waals surface area contributed by atoms with E-state index in [4.69, 9.17) is 27.4 Å². The molecule has 0 aliphatic rings. The molecule has 0 aliphatic carbocycles. The number of nitrogens with one attached hydrogen (secondary N) is 3. The predicted octanol–water partition coefficient (Wildman–Crippen LogP) is -2.12. The number of benzene rings is 1. The third-order valence-corrected chi connectivity index (χ3v) is 5.76. The minimum Gasteiger partial charge on any atom is -0.481 e. The van der Waals surface area contributed by atoms with Crippen LogP contribution in [-0.2, 0) is 35.2 Å². The number of amides is 3. The van der Waals surface area contributed by atoms with Crippen LogP contribution in [0.5, 0.6) is 0 Å². The summed E-state index contributed by atoms with van der Waals surface area (Å²) < 4.78 is 0. The zero-order valence-corrected chi connectivity index (χ0v) is 22.3. The SMILES string of the molecule is NC(N)=NCCCC(N)C(=O)NC(CCC(=O)O)C(=O)NC(Cc1ccccc1)C(=O)NC(CCC(=O)O)C(=O)O. The van der Waals surface area contributed by atoms with Crippen molar-refractivity contribution in [3.63, 3.8) is 0 Å². The van der Waals surface area contributed by atoms with E-state index in [2.05, 4.69) is 20.9 Å². The van der Waals surface area contributed by atoms with Gasteiger partial charge in [0.25, 0.3) is 0 Å². The molecule has 0 spiro atoms. The van der Waals surface area contributed by atoms with E-state index in [0.29, 0.717) is 12.0 Å². The van der Waals surface area contributed by atoms with Gasteiger partial charge in [-0.1, -0.05) is 30.3 Å². The first kappa shape index (κ1) is 34.3. The Morgan fingerprint density at radius 1 is 0.732 bits per heavy atom. The molecule has 0 aromatic heterocycles. The summed E-state index contributed by atoms with van der Waals surface area (Å²) in [6.07, 6.45) is -1.34. The van der Waals surface area contributed by atoms with Gasteiger partial charge in [-0.2, -0.15) is 0 Å². The van der Waals surface area contributed by atoms with Gasteiger partial charge in [-0.3, -0.25) is 29.0 Å². The number of aliphatic carboxylic acids is 3. The summed E-state index contributed by atoms with van der Waals surface area (Å²) in [6.45, 7) is 0.215. The smallest absolute Gasteiger partial charge is 0.326 e. The molecule has 16 nitrogen and oxygen atoms in total. The van der Waals surface area contributed by atoms with E-state index in [1.165, 1.54) is 0 Å². The maximum Gasteiger partial charge on any atom is 0.326 e. The quantitative estimate of drug-likeness (QED) is 0.0483. The average Bonchev–Trinajstić information content (AvgIpc) is 2.90. The first-order chi connectivity index (χ1) is 19.3. The standard InChI is InChI=1S/C25H37N7O9/c26-15(7-4-12-29-25(27)28)21(37)30-16(8-10-19(33)34)22(38)32-18(13-14-5-2-1-3-6-14)23(39)31-17(24(40)41)9-11-20(35)36/h1-3,5-6,15-18H,4,7-13,26H2,(H,30,37)(H,31,39)(H,32,38)(H,33,34)(H,35,36)(H,40,41)(H4,27,28,29). The molecular formula is C25H37N7O9. The van der Waals surface area contributed by atoms with Gasteiger partial charge in [0.05, 0.1) is 6.04 Å². The number of guanidine groups is 1. The Bertz CT molecular complexity index is 1090. The minimum atomic E-state index is -1.55. The molecule has 4 atom stereocenters. The summed E-state index contributed by atoms with van der Waals surface area (Å²) >= 11 is 0. The fraction of sp³-hybridized carbons (Fsp3) is 0.480. The van der Waals surface area contributed by atoms with Gasteiger partial charge in [0.2, 0.25) is 17.7 Å². The second kappa shape index (κ2) is 17.8. The fourth-order valence-corrected chi connectivity index (χ4v) is 3.59. The van der Waals surface area contributed by atoms with Gasteiger partial charge < -0.3 is 48.5 Å². The minimum absolute atomic E-state index is 0.0897. The lowest BCUT2D eigenvalue weighted by molar-refractivity contribution is -0.143. The van der Waals surface area contributed by atoms with Crippen molar-refractivity contribution in [1.29, 1.82) is 0 Å². The number of carboxylic acid groups (broad SMARTS) is 3. The third-order valence-electron chi connectivity index (χ3n) is 5.76. The van der Waals surface area contributed by atoms with Gasteiger partial charge in [-0.25, -0.2) is 4.79 Å². The zero-order chi connectivity index (χ0) is 30.9. The van der Waals surface area contributed by atoms with Crippen molar-refractivity contribution in [2.75, 3.05) is 6.54 Å². The highest BCUT2D eigenvalue weighted by Gasteiger charge is 2.31. The van der Waals surface area contributed by atoms with E-state index in [1.807, 2.05) is 0 Å². The Balaban J connectivity index is 3.09. The van der Waals surface area contributed by atoms with Crippen LogP contribution in [0.15, 0.2) is 35.3 Å². The number of carbonyl (C=O) groups is 6. The summed E-state index contributed by atoms with van der Waals surface area (Å²) in [4.78, 5) is 76.4. The van der Waals surface area contributed by atoms with Crippen LogP contribution in [0, 0.1) is 0 Å². The molecule has 0 bridgehead atoms. The normalized spacial score (nSPS) is 13.5. The molecule has 226 valence electrons. The van der Waals surface area contributed by atoms with Gasteiger partial charge >= 0.3 is 17.9 Å². The lowest BCUT2D eigenvalue weighted by Crippen LogP contribution is -2.57. The van der Waals surface area contributed by atoms with Crippen molar-refractivity contribution < 1.29 is 44.1 Å². The molecule has 0 saturated carbocycles. The number of carbonyl (C=O) groups excluding carboxylic acids is 3. The number of aliphatic imine (C=N–C) groups is 1. The molecular weight excluding hydrogens is 542 g/mol. The lowest BCUT2D eigenvalue weighted by atomic mass is 10.0. The van der Waals surface area contributed by atoms with Crippen LogP contribution in [0.2, 0.25) is 0 Å². The fourth-order valence-electron chi connectivity index (χ4n) is 3.59. The monoisotopic (exact) mass is 579 g/mol. The first-order valence-corrected chi connectivity index (χ1v) is 12.7. The van der Waals surface area contributed by atoms with Gasteiger partial charge in [-0.05, 0) is 31.2 Å². The van der Waals surface area contributed by atoms with Crippen molar-refractivity contribution in [2.45, 2.75) is 69.1 Å². The Kier molecular flexibility index (Phi) is 14.9. The summed E-state index contributed by atoms with van der Waals surface area (Å²) in [6, 6.07) is 3.05. The highest BCUT2D eigenvalue weighted by Crippen LogP contribution is 2.08. The molecule has 1 aromatic rings. The molecule has 0 radical (unpaired) electrons. The molecule has 1 rings (SSSR count). The van der Waals surface area contributed by atoms with E-state index in [0.717, 1.165) is 0 Å². The Labute approximate surface area is 235 Å². The average molecular weight is 580 g/mol. The van der Waals surface area contributed by atoms with Crippen molar-refractivity contribution in [1.82, 2.24) is 16.0 Å². The Hall–Kier alpha value is -4.73. The van der Waals surface area contributed by atoms with Gasteiger partial charge in [0, 0.05) is 25.8 Å². The van der Waals surface area contributed by atoms with Gasteiger partial charge in [-0.15, -0.1) is 0 Å². The van der Waals surface area contributed by atoms with Gasteiger partial charge in [0.15, 0.2) is 5.96 Å². The Morgan fingerprint density at radius 3 is 1.78 bits per heavy atom. The predicted molar refractivity (Wildman–Crippen MR) is 145 cm³/mol. The van der Waals surface area contributed by atoms with Crippen LogP contribution < -0.4 is 33.2 Å².